The lowest BCUT2D eigenvalue weighted by Crippen LogP contribution is -2.63. The summed E-state index contributed by atoms with van der Waals surface area (Å²) in [5.41, 5.74) is 5.99. The smallest absolute Gasteiger partial charge is 0.414 e. The van der Waals surface area contributed by atoms with Crippen molar-refractivity contribution in [1.29, 1.82) is 0 Å². The number of ether oxygens (including phenoxy) is 2. The molecule has 0 aliphatic carbocycles. The monoisotopic (exact) mass is 429 g/mol. The quantitative estimate of drug-likeness (QED) is 0.529. The lowest BCUT2D eigenvalue weighted by Gasteiger charge is -2.49. The number of hydrogen-bond donors (Lipinski definition) is 3. The third kappa shape index (κ3) is 2.99. The molecule has 11 nitrogen and oxygen atoms in total. The van der Waals surface area contributed by atoms with Crippen LogP contribution in [0.15, 0.2) is 18.2 Å². The van der Waals surface area contributed by atoms with Crippen LogP contribution in [0, 0.1) is 5.41 Å². The van der Waals surface area contributed by atoms with Crippen LogP contribution in [0.4, 0.5) is 16.2 Å². The van der Waals surface area contributed by atoms with Crippen LogP contribution in [0.25, 0.3) is 0 Å². The van der Waals surface area contributed by atoms with Gasteiger partial charge in [-0.05, 0) is 23.8 Å². The summed E-state index contributed by atoms with van der Waals surface area (Å²) in [6, 6.07) is 5.18. The first-order chi connectivity index (χ1) is 14.9. The summed E-state index contributed by atoms with van der Waals surface area (Å²) >= 11 is 0. The van der Waals surface area contributed by atoms with Gasteiger partial charge in [-0.1, -0.05) is 0 Å². The third-order valence-electron chi connectivity index (χ3n) is 6.40. The minimum absolute atomic E-state index is 0.193. The Morgan fingerprint density at radius 2 is 2.03 bits per heavy atom. The fourth-order valence-electron chi connectivity index (χ4n) is 4.88. The molecule has 0 bridgehead atoms. The number of benzene rings is 1. The van der Waals surface area contributed by atoms with Crippen molar-refractivity contribution in [2.24, 2.45) is 5.41 Å². The van der Waals surface area contributed by atoms with E-state index in [1.54, 1.807) is 0 Å². The Balaban J connectivity index is 1.47. The molecular formula is C20H23N5O6. The van der Waals surface area contributed by atoms with Gasteiger partial charge in [0.05, 0.1) is 32.3 Å². The fraction of sp³-hybridized carbons (Fsp3) is 0.500. The predicted octanol–water partition coefficient (Wildman–Crippen LogP) is -0.943. The van der Waals surface area contributed by atoms with Crippen molar-refractivity contribution in [1.82, 2.24) is 16.2 Å². The summed E-state index contributed by atoms with van der Waals surface area (Å²) in [5.74, 6) is -0.934. The zero-order valence-electron chi connectivity index (χ0n) is 17.0. The molecule has 1 unspecified atom stereocenters. The van der Waals surface area contributed by atoms with E-state index in [1.165, 1.54) is 11.8 Å². The molecule has 31 heavy (non-hydrogen) atoms. The molecule has 4 aliphatic heterocycles. The Bertz CT molecular complexity index is 965. The van der Waals surface area contributed by atoms with E-state index in [4.69, 9.17) is 9.47 Å². The van der Waals surface area contributed by atoms with Crippen LogP contribution in [0.3, 0.4) is 0 Å². The van der Waals surface area contributed by atoms with Crippen LogP contribution >= 0.6 is 0 Å². The van der Waals surface area contributed by atoms with Crippen molar-refractivity contribution in [2.45, 2.75) is 25.5 Å². The molecule has 1 spiro atoms. The first-order valence-electron chi connectivity index (χ1n) is 10.2. The first kappa shape index (κ1) is 19.6. The number of morpholine rings is 1. The zero-order chi connectivity index (χ0) is 21.8. The summed E-state index contributed by atoms with van der Waals surface area (Å²) < 4.78 is 11.0. The van der Waals surface area contributed by atoms with Gasteiger partial charge in [-0.15, -0.1) is 0 Å². The van der Waals surface area contributed by atoms with Crippen LogP contribution in [0.1, 0.15) is 12.5 Å². The van der Waals surface area contributed by atoms with E-state index in [-0.39, 0.29) is 37.3 Å². The van der Waals surface area contributed by atoms with Gasteiger partial charge in [0.2, 0.25) is 5.91 Å². The van der Waals surface area contributed by atoms with Crippen LogP contribution < -0.4 is 26.0 Å². The highest BCUT2D eigenvalue weighted by Gasteiger charge is 2.61. The fourth-order valence-corrected chi connectivity index (χ4v) is 4.88. The lowest BCUT2D eigenvalue weighted by molar-refractivity contribution is -0.139. The molecule has 0 radical (unpaired) electrons. The molecular weight excluding hydrogens is 406 g/mol. The molecule has 5 rings (SSSR count). The molecule has 4 aliphatic rings. The van der Waals surface area contributed by atoms with Gasteiger partial charge < -0.3 is 19.7 Å². The number of nitrogens with one attached hydrogen (secondary N) is 3. The summed E-state index contributed by atoms with van der Waals surface area (Å²) in [4.78, 5) is 52.7. The molecule has 2 atom stereocenters. The highest BCUT2D eigenvalue weighted by Crippen LogP contribution is 2.45. The molecule has 3 N–H and O–H groups in total. The van der Waals surface area contributed by atoms with Gasteiger partial charge in [0, 0.05) is 31.3 Å². The SMILES string of the molecule is CC(=O)NC[C@H]1CN(c2ccc3c(c2)CC2(C(=O)NNC2=O)C2COCCN32)C(=O)O1. The summed E-state index contributed by atoms with van der Waals surface area (Å²) in [6.07, 6.45) is -0.744. The number of amides is 4. The molecule has 0 aromatic heterocycles. The summed E-state index contributed by atoms with van der Waals surface area (Å²) in [7, 11) is 0. The molecule has 11 heteroatoms. The van der Waals surface area contributed by atoms with Gasteiger partial charge in [-0.2, -0.15) is 0 Å². The Morgan fingerprint density at radius 3 is 2.77 bits per heavy atom. The van der Waals surface area contributed by atoms with Crippen molar-refractivity contribution in [3.63, 3.8) is 0 Å². The van der Waals surface area contributed by atoms with Gasteiger partial charge in [-0.25, -0.2) is 4.79 Å². The number of rotatable bonds is 3. The van der Waals surface area contributed by atoms with Crippen molar-refractivity contribution < 1.29 is 28.7 Å². The molecule has 164 valence electrons. The maximum Gasteiger partial charge on any atom is 0.414 e. The van der Waals surface area contributed by atoms with Crippen LogP contribution in [0.5, 0.6) is 0 Å². The minimum atomic E-state index is -1.29. The van der Waals surface area contributed by atoms with E-state index in [1.807, 2.05) is 18.2 Å². The van der Waals surface area contributed by atoms with Crippen molar-refractivity contribution >= 4 is 35.2 Å². The summed E-state index contributed by atoms with van der Waals surface area (Å²) in [6.45, 7) is 3.28. The number of fused-ring (bicyclic) bond motifs is 4. The third-order valence-corrected chi connectivity index (χ3v) is 6.40. The largest absolute Gasteiger partial charge is 0.442 e. The second-order valence-corrected chi connectivity index (χ2v) is 8.21. The van der Waals surface area contributed by atoms with Gasteiger partial charge in [0.1, 0.15) is 6.10 Å². The van der Waals surface area contributed by atoms with E-state index in [0.29, 0.717) is 25.4 Å². The van der Waals surface area contributed by atoms with Crippen LogP contribution in [0.2, 0.25) is 0 Å². The average Bonchev–Trinajstić information content (AvgIpc) is 3.27. The van der Waals surface area contributed by atoms with Crippen LogP contribution in [-0.2, 0) is 30.3 Å². The molecule has 3 saturated heterocycles. The highest BCUT2D eigenvalue weighted by atomic mass is 16.6. The molecule has 4 amide bonds. The number of carbonyl (C=O) groups is 4. The van der Waals surface area contributed by atoms with E-state index in [2.05, 4.69) is 21.1 Å². The Morgan fingerprint density at radius 1 is 1.26 bits per heavy atom. The van der Waals surface area contributed by atoms with Crippen LogP contribution in [-0.4, -0.2) is 68.8 Å². The Kier molecular flexibility index (Phi) is 4.50. The van der Waals surface area contributed by atoms with Gasteiger partial charge >= 0.3 is 6.09 Å². The maximum atomic E-state index is 12.8. The molecule has 4 heterocycles. The first-order valence-corrected chi connectivity index (χ1v) is 10.2. The Hall–Kier alpha value is -3.34. The van der Waals surface area contributed by atoms with Gasteiger partial charge in [0.25, 0.3) is 11.8 Å². The standard InChI is InChI=1S/C20H23N5O6/c1-11(26)21-8-14-9-25(19(29)31-14)13-2-3-15-12(6-13)7-20(17(27)22-23-18(20)28)16-10-30-5-4-24(15)16/h2-3,6,14,16H,4-5,7-10H2,1H3,(H,21,26)(H,22,27)(H,23,28)/t14-,16?/m0/s1. The number of hydrogen-bond acceptors (Lipinski definition) is 7. The van der Waals surface area contributed by atoms with E-state index in [0.717, 1.165) is 11.3 Å². The van der Waals surface area contributed by atoms with Gasteiger partial charge in [-0.3, -0.25) is 30.1 Å². The van der Waals surface area contributed by atoms with Crippen molar-refractivity contribution in [3.8, 4) is 0 Å². The average molecular weight is 429 g/mol. The van der Waals surface area contributed by atoms with E-state index >= 15 is 0 Å². The molecule has 3 fully saturated rings. The normalized spacial score (nSPS) is 26.2. The maximum absolute atomic E-state index is 12.8. The lowest BCUT2D eigenvalue weighted by atomic mass is 9.70. The highest BCUT2D eigenvalue weighted by molar-refractivity contribution is 6.12. The number of nitrogens with zero attached hydrogens (tertiary/aromatic N) is 2. The number of anilines is 2. The second kappa shape index (κ2) is 7.12. The summed E-state index contributed by atoms with van der Waals surface area (Å²) in [5, 5.41) is 2.65. The van der Waals surface area contributed by atoms with E-state index < -0.39 is 23.7 Å². The molecule has 1 aromatic carbocycles. The minimum Gasteiger partial charge on any atom is -0.442 e. The predicted molar refractivity (Wildman–Crippen MR) is 107 cm³/mol. The number of cyclic esters (lactones) is 1. The number of hydrazine groups is 1. The van der Waals surface area contributed by atoms with Crippen molar-refractivity contribution in [2.75, 3.05) is 42.6 Å². The van der Waals surface area contributed by atoms with Crippen molar-refractivity contribution in [3.05, 3.63) is 23.8 Å². The molecule has 1 aromatic rings. The van der Waals surface area contributed by atoms with Gasteiger partial charge in [0.15, 0.2) is 5.41 Å². The van der Waals surface area contributed by atoms with E-state index in [9.17, 15) is 19.2 Å². The molecule has 0 saturated carbocycles. The zero-order valence-corrected chi connectivity index (χ0v) is 17.0. The topological polar surface area (TPSA) is 129 Å². The second-order valence-electron chi connectivity index (χ2n) is 8.21. The Labute approximate surface area is 178 Å². The number of carbonyl (C=O) groups excluding carboxylic acids is 4.